The van der Waals surface area contributed by atoms with Crippen LogP contribution in [0.5, 0.6) is 0 Å². The van der Waals surface area contributed by atoms with Gasteiger partial charge in [0.25, 0.3) is 5.92 Å². The Morgan fingerprint density at radius 1 is 1.35 bits per heavy atom. The molecule has 1 rings (SSSR count). The monoisotopic (exact) mass is 310 g/mol. The van der Waals surface area contributed by atoms with Gasteiger partial charge in [-0.25, -0.2) is 13.6 Å². The van der Waals surface area contributed by atoms with Crippen LogP contribution in [0.1, 0.15) is 33.6 Å². The summed E-state index contributed by atoms with van der Waals surface area (Å²) in [6.07, 6.45) is 1.18. The van der Waals surface area contributed by atoms with E-state index in [4.69, 9.17) is 4.74 Å². The molecule has 0 saturated carbocycles. The zero-order chi connectivity index (χ0) is 15.2. The number of rotatable bonds is 5. The first kappa shape index (κ1) is 17.5. The summed E-state index contributed by atoms with van der Waals surface area (Å²) in [5.74, 6) is -0.997. The van der Waals surface area contributed by atoms with Crippen molar-refractivity contribution in [1.82, 2.24) is 10.6 Å². The molecule has 1 unspecified atom stereocenters. The van der Waals surface area contributed by atoms with E-state index in [0.717, 1.165) is 24.3 Å². The molecule has 118 valence electrons. The standard InChI is InChI=1S/C13H24F2N2O2S/c1-12(2,3)19-11(18)17-9-13(14,15)8-16-10-5-4-6-20-7-10/h10,16H,4-9H2,1-3H3,(H,17,18). The van der Waals surface area contributed by atoms with Gasteiger partial charge in [-0.05, 0) is 39.4 Å². The number of thioether (sulfide) groups is 1. The highest BCUT2D eigenvalue weighted by atomic mass is 32.2. The van der Waals surface area contributed by atoms with E-state index in [0.29, 0.717) is 0 Å². The normalized spacial score (nSPS) is 20.6. The minimum Gasteiger partial charge on any atom is -0.444 e. The van der Waals surface area contributed by atoms with Gasteiger partial charge >= 0.3 is 6.09 Å². The lowest BCUT2D eigenvalue weighted by Gasteiger charge is -2.26. The second kappa shape index (κ2) is 7.45. The van der Waals surface area contributed by atoms with Gasteiger partial charge in [-0.15, -0.1) is 0 Å². The summed E-state index contributed by atoms with van der Waals surface area (Å²) < 4.78 is 32.2. The lowest BCUT2D eigenvalue weighted by Crippen LogP contribution is -2.47. The van der Waals surface area contributed by atoms with Crippen LogP contribution in [-0.4, -0.2) is 48.3 Å². The molecule has 7 heteroatoms. The predicted molar refractivity (Wildman–Crippen MR) is 77.5 cm³/mol. The third-order valence-corrected chi connectivity index (χ3v) is 3.92. The maximum Gasteiger partial charge on any atom is 0.407 e. The molecule has 1 atom stereocenters. The van der Waals surface area contributed by atoms with Crippen LogP contribution in [0.4, 0.5) is 13.6 Å². The molecule has 1 saturated heterocycles. The average molecular weight is 310 g/mol. The maximum absolute atomic E-state index is 13.6. The average Bonchev–Trinajstić information content (AvgIpc) is 2.34. The quantitative estimate of drug-likeness (QED) is 0.819. The van der Waals surface area contributed by atoms with Crippen molar-refractivity contribution in [3.05, 3.63) is 0 Å². The number of hydrogen-bond acceptors (Lipinski definition) is 4. The fraction of sp³-hybridized carbons (Fsp3) is 0.923. The Bertz CT molecular complexity index is 316. The summed E-state index contributed by atoms with van der Waals surface area (Å²) >= 11 is 1.78. The van der Waals surface area contributed by atoms with E-state index in [1.807, 2.05) is 0 Å². The topological polar surface area (TPSA) is 50.4 Å². The molecule has 0 spiro atoms. The summed E-state index contributed by atoms with van der Waals surface area (Å²) in [5.41, 5.74) is -0.684. The third-order valence-electron chi connectivity index (χ3n) is 2.70. The number of carbonyl (C=O) groups is 1. The van der Waals surface area contributed by atoms with Crippen LogP contribution in [0.2, 0.25) is 0 Å². The number of alkyl carbamates (subject to hydrolysis) is 1. The van der Waals surface area contributed by atoms with Crippen LogP contribution in [0, 0.1) is 0 Å². The van der Waals surface area contributed by atoms with Gasteiger partial charge in [0.2, 0.25) is 0 Å². The van der Waals surface area contributed by atoms with Gasteiger partial charge in [0, 0.05) is 11.8 Å². The lowest BCUT2D eigenvalue weighted by molar-refractivity contribution is -0.00531. The van der Waals surface area contributed by atoms with Gasteiger partial charge < -0.3 is 15.4 Å². The second-order valence-corrected chi connectivity index (χ2v) is 7.16. The van der Waals surface area contributed by atoms with Crippen LogP contribution in [0.15, 0.2) is 0 Å². The molecule has 0 aromatic heterocycles. The molecule has 4 nitrogen and oxygen atoms in total. The van der Waals surface area contributed by atoms with Crippen LogP contribution < -0.4 is 10.6 Å². The number of carbonyl (C=O) groups excluding carboxylic acids is 1. The van der Waals surface area contributed by atoms with Crippen molar-refractivity contribution in [2.24, 2.45) is 0 Å². The highest BCUT2D eigenvalue weighted by Crippen LogP contribution is 2.18. The Balaban J connectivity index is 2.24. The van der Waals surface area contributed by atoms with Crippen molar-refractivity contribution in [2.75, 3.05) is 24.6 Å². The van der Waals surface area contributed by atoms with E-state index in [2.05, 4.69) is 10.6 Å². The van der Waals surface area contributed by atoms with Crippen molar-refractivity contribution in [2.45, 2.75) is 51.2 Å². The highest BCUT2D eigenvalue weighted by molar-refractivity contribution is 7.99. The van der Waals surface area contributed by atoms with Crippen molar-refractivity contribution in [3.8, 4) is 0 Å². The summed E-state index contributed by atoms with van der Waals surface area (Å²) in [4.78, 5) is 11.3. The SMILES string of the molecule is CC(C)(C)OC(=O)NCC(F)(F)CNC1CCCSC1. The highest BCUT2D eigenvalue weighted by Gasteiger charge is 2.31. The first-order valence-electron chi connectivity index (χ1n) is 6.84. The van der Waals surface area contributed by atoms with Gasteiger partial charge in [-0.1, -0.05) is 0 Å². The van der Waals surface area contributed by atoms with Gasteiger partial charge in [0.1, 0.15) is 5.60 Å². The molecule has 0 aromatic carbocycles. The number of ether oxygens (including phenoxy) is 1. The van der Waals surface area contributed by atoms with Crippen LogP contribution in [-0.2, 0) is 4.74 Å². The fourth-order valence-electron chi connectivity index (χ4n) is 1.77. The summed E-state index contributed by atoms with van der Waals surface area (Å²) in [6.45, 7) is 3.93. The third kappa shape index (κ3) is 7.89. The molecular weight excluding hydrogens is 286 g/mol. The number of alkyl halides is 2. The minimum absolute atomic E-state index is 0.140. The predicted octanol–water partition coefficient (Wildman–Crippen LogP) is 2.63. The van der Waals surface area contributed by atoms with Crippen molar-refractivity contribution >= 4 is 17.9 Å². The summed E-state index contributed by atoms with van der Waals surface area (Å²) in [7, 11) is 0. The Hall–Kier alpha value is -0.560. The summed E-state index contributed by atoms with van der Waals surface area (Å²) in [6, 6.07) is 0.140. The Morgan fingerprint density at radius 3 is 2.60 bits per heavy atom. The Morgan fingerprint density at radius 2 is 2.05 bits per heavy atom. The smallest absolute Gasteiger partial charge is 0.407 e. The summed E-state index contributed by atoms with van der Waals surface area (Å²) in [5, 5.41) is 4.98. The second-order valence-electron chi connectivity index (χ2n) is 6.01. The molecule has 0 aliphatic carbocycles. The zero-order valence-corrected chi connectivity index (χ0v) is 13.1. The molecule has 1 fully saturated rings. The van der Waals surface area contributed by atoms with Crippen molar-refractivity contribution in [1.29, 1.82) is 0 Å². The van der Waals surface area contributed by atoms with Crippen molar-refractivity contribution in [3.63, 3.8) is 0 Å². The van der Waals surface area contributed by atoms with Gasteiger partial charge in [0.15, 0.2) is 0 Å². The molecule has 1 aliphatic rings. The lowest BCUT2D eigenvalue weighted by atomic mass is 10.2. The van der Waals surface area contributed by atoms with Crippen LogP contribution >= 0.6 is 11.8 Å². The van der Waals surface area contributed by atoms with Crippen LogP contribution in [0.25, 0.3) is 0 Å². The Labute approximate surface area is 123 Å². The van der Waals surface area contributed by atoms with Gasteiger partial charge in [0.05, 0.1) is 13.1 Å². The molecule has 2 N–H and O–H groups in total. The number of hydrogen-bond donors (Lipinski definition) is 2. The number of amides is 1. The van der Waals surface area contributed by atoms with Crippen molar-refractivity contribution < 1.29 is 18.3 Å². The molecule has 0 aromatic rings. The maximum atomic E-state index is 13.6. The largest absolute Gasteiger partial charge is 0.444 e. The van der Waals surface area contributed by atoms with E-state index in [1.54, 1.807) is 32.5 Å². The van der Waals surface area contributed by atoms with E-state index in [9.17, 15) is 13.6 Å². The first-order valence-corrected chi connectivity index (χ1v) is 7.99. The molecule has 0 bridgehead atoms. The van der Waals surface area contributed by atoms with Gasteiger partial charge in [-0.2, -0.15) is 11.8 Å². The van der Waals surface area contributed by atoms with E-state index in [-0.39, 0.29) is 6.04 Å². The number of halogens is 2. The minimum atomic E-state index is -2.97. The van der Waals surface area contributed by atoms with E-state index < -0.39 is 30.7 Å². The number of nitrogens with one attached hydrogen (secondary N) is 2. The van der Waals surface area contributed by atoms with Gasteiger partial charge in [-0.3, -0.25) is 0 Å². The Kier molecular flexibility index (Phi) is 6.51. The van der Waals surface area contributed by atoms with E-state index >= 15 is 0 Å². The zero-order valence-electron chi connectivity index (χ0n) is 12.3. The first-order chi connectivity index (χ1) is 9.18. The molecule has 0 radical (unpaired) electrons. The molecule has 20 heavy (non-hydrogen) atoms. The van der Waals surface area contributed by atoms with Crippen LogP contribution in [0.3, 0.4) is 0 Å². The fourth-order valence-corrected chi connectivity index (χ4v) is 2.88. The molecular formula is C13H24F2N2O2S. The molecule has 1 heterocycles. The molecule has 1 amide bonds. The molecule has 1 aliphatic heterocycles. The van der Waals surface area contributed by atoms with E-state index in [1.165, 1.54) is 0 Å².